The number of carbonyl (C=O) groups is 1. The van der Waals surface area contributed by atoms with Crippen molar-refractivity contribution in [1.29, 1.82) is 0 Å². The lowest BCUT2D eigenvalue weighted by Gasteiger charge is -2.34. The maximum absolute atomic E-state index is 12.4. The molecule has 0 atom stereocenters. The summed E-state index contributed by atoms with van der Waals surface area (Å²) in [6, 6.07) is 3.74. The van der Waals surface area contributed by atoms with Crippen molar-refractivity contribution in [2.75, 3.05) is 13.2 Å². The fourth-order valence-electron chi connectivity index (χ4n) is 2.16. The second-order valence-corrected chi connectivity index (χ2v) is 5.04. The van der Waals surface area contributed by atoms with Crippen LogP contribution in [0.4, 0.5) is 0 Å². The number of carbonyl (C=O) groups excluding carboxylic acids is 1. The molecule has 1 amide bonds. The summed E-state index contributed by atoms with van der Waals surface area (Å²) in [5.74, 6) is -0.118. The van der Waals surface area contributed by atoms with E-state index in [1.54, 1.807) is 12.4 Å². The van der Waals surface area contributed by atoms with Crippen molar-refractivity contribution in [2.24, 2.45) is 11.1 Å². The van der Waals surface area contributed by atoms with Crippen LogP contribution in [0.15, 0.2) is 24.5 Å². The van der Waals surface area contributed by atoms with Crippen LogP contribution in [0.5, 0.6) is 0 Å². The Morgan fingerprint density at radius 3 is 2.84 bits per heavy atom. The van der Waals surface area contributed by atoms with Gasteiger partial charge in [0.05, 0.1) is 4.99 Å². The van der Waals surface area contributed by atoms with Crippen LogP contribution >= 0.6 is 12.2 Å². The van der Waals surface area contributed by atoms with E-state index in [1.807, 2.05) is 12.1 Å². The minimum Gasteiger partial charge on any atom is -0.392 e. The average molecular weight is 279 g/mol. The van der Waals surface area contributed by atoms with Gasteiger partial charge in [-0.1, -0.05) is 18.3 Å². The molecule has 102 valence electrons. The molecule has 0 radical (unpaired) electrons. The average Bonchev–Trinajstić information content (AvgIpc) is 2.46. The summed E-state index contributed by atoms with van der Waals surface area (Å²) in [5, 5.41) is 2.89. The molecule has 0 unspecified atom stereocenters. The Morgan fingerprint density at radius 2 is 2.26 bits per heavy atom. The van der Waals surface area contributed by atoms with Gasteiger partial charge >= 0.3 is 0 Å². The van der Waals surface area contributed by atoms with Gasteiger partial charge in [-0.25, -0.2) is 0 Å². The Hall–Kier alpha value is -1.53. The quantitative estimate of drug-likeness (QED) is 0.797. The van der Waals surface area contributed by atoms with Crippen LogP contribution in [0, 0.1) is 5.41 Å². The second-order valence-electron chi connectivity index (χ2n) is 4.60. The fourth-order valence-corrected chi connectivity index (χ4v) is 2.46. The maximum atomic E-state index is 12.4. The first kappa shape index (κ1) is 13.9. The van der Waals surface area contributed by atoms with Gasteiger partial charge in [0.2, 0.25) is 5.91 Å². The van der Waals surface area contributed by atoms with E-state index in [1.165, 1.54) is 0 Å². The number of aromatic nitrogens is 1. The first-order valence-corrected chi connectivity index (χ1v) is 6.61. The number of rotatable bonds is 4. The highest BCUT2D eigenvalue weighted by Crippen LogP contribution is 2.31. The van der Waals surface area contributed by atoms with Crippen LogP contribution < -0.4 is 11.1 Å². The standard InChI is InChI=1S/C13H17N3O2S/c14-11(19)13(3-6-18-7-4-13)12(17)16-9-10-2-1-5-15-8-10/h1-2,5,8H,3-4,6-7,9H2,(H2,14,19)(H,16,17). The number of amides is 1. The number of nitrogens with zero attached hydrogens (tertiary/aromatic N) is 1. The summed E-state index contributed by atoms with van der Waals surface area (Å²) in [4.78, 5) is 16.6. The fraction of sp³-hybridized carbons (Fsp3) is 0.462. The number of ether oxygens (including phenoxy) is 1. The molecule has 2 rings (SSSR count). The van der Waals surface area contributed by atoms with Crippen LogP contribution in [0.3, 0.4) is 0 Å². The Balaban J connectivity index is 2.02. The zero-order valence-corrected chi connectivity index (χ0v) is 11.4. The molecule has 0 aromatic carbocycles. The van der Waals surface area contributed by atoms with E-state index in [0.29, 0.717) is 32.6 Å². The molecule has 0 aliphatic carbocycles. The second kappa shape index (κ2) is 6.08. The third-order valence-electron chi connectivity index (χ3n) is 3.43. The molecule has 1 aromatic heterocycles. The van der Waals surface area contributed by atoms with E-state index in [0.717, 1.165) is 5.56 Å². The Kier molecular flexibility index (Phi) is 4.44. The topological polar surface area (TPSA) is 77.2 Å². The van der Waals surface area contributed by atoms with Gasteiger partial charge in [0, 0.05) is 32.2 Å². The third kappa shape index (κ3) is 3.08. The highest BCUT2D eigenvalue weighted by atomic mass is 32.1. The van der Waals surface area contributed by atoms with Crippen LogP contribution in [0.1, 0.15) is 18.4 Å². The smallest absolute Gasteiger partial charge is 0.233 e. The van der Waals surface area contributed by atoms with Gasteiger partial charge in [-0.15, -0.1) is 0 Å². The predicted molar refractivity (Wildman–Crippen MR) is 75.4 cm³/mol. The van der Waals surface area contributed by atoms with E-state index >= 15 is 0 Å². The summed E-state index contributed by atoms with van der Waals surface area (Å²) < 4.78 is 5.28. The van der Waals surface area contributed by atoms with E-state index < -0.39 is 5.41 Å². The van der Waals surface area contributed by atoms with Gasteiger partial charge in [0.25, 0.3) is 0 Å². The lowest BCUT2D eigenvalue weighted by atomic mass is 9.79. The SMILES string of the molecule is NC(=S)C1(C(=O)NCc2cccnc2)CCOCC1. The zero-order chi connectivity index (χ0) is 13.7. The zero-order valence-electron chi connectivity index (χ0n) is 10.6. The van der Waals surface area contributed by atoms with E-state index in [9.17, 15) is 4.79 Å². The summed E-state index contributed by atoms with van der Waals surface area (Å²) in [6.07, 6.45) is 4.50. The number of nitrogens with two attached hydrogens (primary N) is 1. The third-order valence-corrected chi connectivity index (χ3v) is 3.82. The molecule has 1 fully saturated rings. The molecular weight excluding hydrogens is 262 g/mol. The number of pyridine rings is 1. The Morgan fingerprint density at radius 1 is 1.53 bits per heavy atom. The van der Waals surface area contributed by atoms with Crippen molar-refractivity contribution in [3.05, 3.63) is 30.1 Å². The molecule has 3 N–H and O–H groups in total. The van der Waals surface area contributed by atoms with Crippen molar-refractivity contribution in [3.8, 4) is 0 Å². The van der Waals surface area contributed by atoms with Crippen LogP contribution in [0.25, 0.3) is 0 Å². The van der Waals surface area contributed by atoms with Crippen molar-refractivity contribution >= 4 is 23.1 Å². The number of thiocarbonyl (C=S) groups is 1. The normalized spacial score (nSPS) is 17.7. The van der Waals surface area contributed by atoms with Gasteiger partial charge in [0.1, 0.15) is 5.41 Å². The molecule has 6 heteroatoms. The molecule has 1 aromatic rings. The lowest BCUT2D eigenvalue weighted by molar-refractivity contribution is -0.131. The molecule has 1 saturated heterocycles. The molecule has 2 heterocycles. The van der Waals surface area contributed by atoms with Crippen LogP contribution in [-0.2, 0) is 16.1 Å². The van der Waals surface area contributed by atoms with Crippen molar-refractivity contribution in [1.82, 2.24) is 10.3 Å². The Labute approximate surface area is 117 Å². The van der Waals surface area contributed by atoms with Crippen molar-refractivity contribution in [2.45, 2.75) is 19.4 Å². The highest BCUT2D eigenvalue weighted by Gasteiger charge is 2.42. The molecule has 0 bridgehead atoms. The van der Waals surface area contributed by atoms with Crippen molar-refractivity contribution in [3.63, 3.8) is 0 Å². The van der Waals surface area contributed by atoms with Gasteiger partial charge in [-0.05, 0) is 24.5 Å². The Bertz CT molecular complexity index is 458. The summed E-state index contributed by atoms with van der Waals surface area (Å²) in [6.45, 7) is 1.45. The minimum atomic E-state index is -0.768. The predicted octanol–water partition coefficient (Wildman–Crippen LogP) is 0.781. The molecule has 1 aliphatic heterocycles. The number of hydrogen-bond donors (Lipinski definition) is 2. The molecule has 0 spiro atoms. The molecule has 0 saturated carbocycles. The van der Waals surface area contributed by atoms with E-state index in [4.69, 9.17) is 22.7 Å². The molecule has 19 heavy (non-hydrogen) atoms. The summed E-state index contributed by atoms with van der Waals surface area (Å²) >= 11 is 5.08. The number of nitrogens with one attached hydrogen (secondary N) is 1. The van der Waals surface area contributed by atoms with Gasteiger partial charge in [0.15, 0.2) is 0 Å². The lowest BCUT2D eigenvalue weighted by Crippen LogP contribution is -2.51. The first-order chi connectivity index (χ1) is 9.15. The molecule has 5 nitrogen and oxygen atoms in total. The van der Waals surface area contributed by atoms with Gasteiger partial charge in [-0.2, -0.15) is 0 Å². The minimum absolute atomic E-state index is 0.118. The van der Waals surface area contributed by atoms with E-state index in [-0.39, 0.29) is 10.9 Å². The van der Waals surface area contributed by atoms with E-state index in [2.05, 4.69) is 10.3 Å². The van der Waals surface area contributed by atoms with Crippen LogP contribution in [-0.4, -0.2) is 29.1 Å². The van der Waals surface area contributed by atoms with Gasteiger partial charge in [-0.3, -0.25) is 9.78 Å². The summed E-state index contributed by atoms with van der Waals surface area (Å²) in [7, 11) is 0. The number of hydrogen-bond acceptors (Lipinski definition) is 4. The molecular formula is C13H17N3O2S. The first-order valence-electron chi connectivity index (χ1n) is 6.20. The monoisotopic (exact) mass is 279 g/mol. The molecule has 1 aliphatic rings. The highest BCUT2D eigenvalue weighted by molar-refractivity contribution is 7.80. The largest absolute Gasteiger partial charge is 0.392 e. The maximum Gasteiger partial charge on any atom is 0.233 e. The van der Waals surface area contributed by atoms with Crippen LogP contribution in [0.2, 0.25) is 0 Å². The van der Waals surface area contributed by atoms with Crippen molar-refractivity contribution < 1.29 is 9.53 Å². The van der Waals surface area contributed by atoms with Gasteiger partial charge < -0.3 is 15.8 Å². The summed E-state index contributed by atoms with van der Waals surface area (Å²) in [5.41, 5.74) is 5.95.